The van der Waals surface area contributed by atoms with Crippen LogP contribution in [0.5, 0.6) is 0 Å². The van der Waals surface area contributed by atoms with Crippen LogP contribution in [0.1, 0.15) is 55.4 Å². The molecule has 4 fully saturated rings. The van der Waals surface area contributed by atoms with E-state index in [9.17, 15) is 34.8 Å². The third kappa shape index (κ3) is 3.09. The molecule has 3 saturated carbocycles. The highest BCUT2D eigenvalue weighted by molar-refractivity contribution is 6.05. The van der Waals surface area contributed by atoms with E-state index < -0.39 is 94.1 Å². The summed E-state index contributed by atoms with van der Waals surface area (Å²) in [6.45, 7) is 12.7. The van der Waals surface area contributed by atoms with Crippen LogP contribution in [0.4, 0.5) is 0 Å². The van der Waals surface area contributed by atoms with Gasteiger partial charge in [-0.25, -0.2) is 9.59 Å². The third-order valence-corrected chi connectivity index (χ3v) is 11.0. The topological polar surface area (TPSA) is 163 Å². The molecule has 0 radical (unpaired) electrons. The first-order chi connectivity index (χ1) is 18.5. The van der Waals surface area contributed by atoms with Crippen molar-refractivity contribution in [3.8, 4) is 0 Å². The summed E-state index contributed by atoms with van der Waals surface area (Å²) in [6, 6.07) is 0. The van der Waals surface area contributed by atoms with Crippen molar-refractivity contribution in [2.75, 3.05) is 6.61 Å². The Labute approximate surface area is 233 Å². The van der Waals surface area contributed by atoms with Crippen LogP contribution >= 0.6 is 0 Å². The van der Waals surface area contributed by atoms with Crippen LogP contribution in [0, 0.1) is 29.1 Å². The normalized spacial score (nSPS) is 48.5. The number of aliphatic hydroxyl groups excluding tert-OH is 2. The summed E-state index contributed by atoms with van der Waals surface area (Å²) in [7, 11) is 0. The van der Waals surface area contributed by atoms with E-state index in [1.54, 1.807) is 46.8 Å². The van der Waals surface area contributed by atoms with Gasteiger partial charge in [0.05, 0.1) is 18.3 Å². The van der Waals surface area contributed by atoms with Gasteiger partial charge in [0.25, 0.3) is 0 Å². The van der Waals surface area contributed by atoms with Crippen LogP contribution in [0.15, 0.2) is 34.9 Å². The minimum absolute atomic E-state index is 0.151. The molecule has 0 amide bonds. The predicted molar refractivity (Wildman–Crippen MR) is 140 cm³/mol. The Morgan fingerprint density at radius 3 is 2.23 bits per heavy atom. The molecule has 0 bridgehead atoms. The molecule has 4 N–H and O–H groups in total. The van der Waals surface area contributed by atoms with Crippen molar-refractivity contribution < 1.29 is 49.0 Å². The van der Waals surface area contributed by atoms with Crippen LogP contribution in [0.25, 0.3) is 0 Å². The summed E-state index contributed by atoms with van der Waals surface area (Å²) in [5, 5.41) is 46.7. The number of rotatable bonds is 5. The fourth-order valence-corrected chi connectivity index (χ4v) is 8.34. The lowest BCUT2D eigenvalue weighted by molar-refractivity contribution is -0.243. The lowest BCUT2D eigenvalue weighted by atomic mass is 9.58. The van der Waals surface area contributed by atoms with Gasteiger partial charge in [0, 0.05) is 40.2 Å². The molecule has 0 aromatic carbocycles. The Kier molecular flexibility index (Phi) is 6.25. The lowest BCUT2D eigenvalue weighted by Crippen LogP contribution is -2.69. The van der Waals surface area contributed by atoms with Gasteiger partial charge in [0.2, 0.25) is 0 Å². The third-order valence-electron chi connectivity index (χ3n) is 11.0. The molecule has 220 valence electrons. The predicted octanol–water partition coefficient (Wildman–Crippen LogP) is 1.15. The second kappa shape index (κ2) is 8.58. The molecular formula is C30H40O10. The maximum absolute atomic E-state index is 13.4. The molecule has 1 saturated heterocycles. The molecule has 5 rings (SSSR count). The number of fused-ring (bicyclic) bond motifs is 7. The van der Waals surface area contributed by atoms with Crippen LogP contribution in [-0.4, -0.2) is 85.5 Å². The quantitative estimate of drug-likeness (QED) is 0.218. The standard InChI is InChI=1S/C30H40O10/c1-9-13(3)23(33)38-21-16(6)28(36)17-11-15(5)20(32)29(17,37)25(35)27(12-31)22(39-27)18(28)19-26(7,8)30(19,21)40-24(34)14(4)10-2/h9-11,16-19,21-22,25,31,35-37H,12H2,1-8H3/b13-9+,14-10+/t16-,17+,18-,19+,21?,22?,25?,27?,28?,29?,30?/m1/s1. The monoisotopic (exact) mass is 560 g/mol. The van der Waals surface area contributed by atoms with Gasteiger partial charge in [-0.15, -0.1) is 0 Å². The molecule has 11 atom stereocenters. The van der Waals surface area contributed by atoms with Gasteiger partial charge in [-0.2, -0.15) is 0 Å². The van der Waals surface area contributed by atoms with E-state index in [4.69, 9.17) is 14.2 Å². The summed E-state index contributed by atoms with van der Waals surface area (Å²) < 4.78 is 18.3. The fourth-order valence-electron chi connectivity index (χ4n) is 8.34. The van der Waals surface area contributed by atoms with Gasteiger partial charge >= 0.3 is 11.9 Å². The van der Waals surface area contributed by atoms with Crippen molar-refractivity contribution in [3.63, 3.8) is 0 Å². The van der Waals surface area contributed by atoms with Gasteiger partial charge < -0.3 is 34.6 Å². The van der Waals surface area contributed by atoms with Crippen LogP contribution < -0.4 is 0 Å². The smallest absolute Gasteiger partial charge is 0.334 e. The van der Waals surface area contributed by atoms with Crippen molar-refractivity contribution in [1.82, 2.24) is 0 Å². The average Bonchev–Trinajstić information content (AvgIpc) is 3.75. The molecule has 40 heavy (non-hydrogen) atoms. The average molecular weight is 561 g/mol. The fraction of sp³-hybridized carbons (Fsp3) is 0.700. The van der Waals surface area contributed by atoms with E-state index in [0.717, 1.165) is 0 Å². The zero-order chi connectivity index (χ0) is 30.0. The summed E-state index contributed by atoms with van der Waals surface area (Å²) >= 11 is 0. The van der Waals surface area contributed by atoms with Crippen LogP contribution in [0.2, 0.25) is 0 Å². The summed E-state index contributed by atoms with van der Waals surface area (Å²) in [4.78, 5) is 39.9. The molecule has 4 aliphatic carbocycles. The van der Waals surface area contributed by atoms with E-state index >= 15 is 0 Å². The zero-order valence-corrected chi connectivity index (χ0v) is 24.2. The Morgan fingerprint density at radius 1 is 1.10 bits per heavy atom. The van der Waals surface area contributed by atoms with Crippen molar-refractivity contribution in [2.45, 2.75) is 96.1 Å². The molecule has 0 aromatic rings. The first kappa shape index (κ1) is 29.1. The minimum Gasteiger partial charge on any atom is -0.454 e. The van der Waals surface area contributed by atoms with Gasteiger partial charge in [-0.05, 0) is 40.2 Å². The SMILES string of the molecule is C/C=C(\C)C(=O)OC1[C@@H](C)C2(O)[C@@H]3C=C(C)C(=O)C3(O)C(O)C3(CO)OC3[C@H]2[C@H]2C(C)(C)C12OC(=O)/C(C)=C/C. The number of allylic oxidation sites excluding steroid dienone is 2. The number of esters is 2. The second-order valence-electron chi connectivity index (χ2n) is 12.9. The second-order valence-corrected chi connectivity index (χ2v) is 12.9. The number of aliphatic hydroxyl groups is 4. The van der Waals surface area contributed by atoms with Gasteiger partial charge in [-0.3, -0.25) is 4.79 Å². The molecule has 0 aromatic heterocycles. The van der Waals surface area contributed by atoms with Gasteiger partial charge in [0.1, 0.15) is 17.8 Å². The Bertz CT molecular complexity index is 1280. The molecule has 7 unspecified atom stereocenters. The first-order valence-electron chi connectivity index (χ1n) is 13.8. The Balaban J connectivity index is 1.75. The highest BCUT2D eigenvalue weighted by Crippen LogP contribution is 2.80. The molecular weight excluding hydrogens is 520 g/mol. The maximum Gasteiger partial charge on any atom is 0.334 e. The van der Waals surface area contributed by atoms with Crippen molar-refractivity contribution in [1.29, 1.82) is 0 Å². The molecule has 1 aliphatic heterocycles. The molecule has 10 heteroatoms. The van der Waals surface area contributed by atoms with E-state index in [-0.39, 0.29) is 5.57 Å². The van der Waals surface area contributed by atoms with E-state index in [2.05, 4.69) is 0 Å². The number of hydrogen-bond acceptors (Lipinski definition) is 10. The molecule has 10 nitrogen and oxygen atoms in total. The highest BCUT2D eigenvalue weighted by Gasteiger charge is 2.93. The number of epoxide rings is 1. The molecule has 1 heterocycles. The number of ether oxygens (including phenoxy) is 3. The lowest BCUT2D eigenvalue weighted by Gasteiger charge is -2.53. The van der Waals surface area contributed by atoms with E-state index in [1.165, 1.54) is 13.0 Å². The molecule has 5 aliphatic rings. The van der Waals surface area contributed by atoms with Gasteiger partial charge in [0.15, 0.2) is 17.0 Å². The largest absolute Gasteiger partial charge is 0.454 e. The van der Waals surface area contributed by atoms with Crippen molar-refractivity contribution >= 4 is 17.7 Å². The van der Waals surface area contributed by atoms with Crippen molar-refractivity contribution in [2.24, 2.45) is 29.1 Å². The van der Waals surface area contributed by atoms with Crippen LogP contribution in [-0.2, 0) is 28.6 Å². The maximum atomic E-state index is 13.4. The number of hydrogen-bond donors (Lipinski definition) is 4. The molecule has 0 spiro atoms. The number of ketones is 1. The van der Waals surface area contributed by atoms with Crippen LogP contribution in [0.3, 0.4) is 0 Å². The van der Waals surface area contributed by atoms with Crippen molar-refractivity contribution in [3.05, 3.63) is 34.9 Å². The highest BCUT2D eigenvalue weighted by atomic mass is 16.6. The number of carbonyl (C=O) groups excluding carboxylic acids is 3. The number of Topliss-reactive ketones (excluding diaryl/α,β-unsaturated/α-hetero) is 1. The minimum atomic E-state index is -2.50. The Hall–Kier alpha value is -2.37. The van der Waals surface area contributed by atoms with E-state index in [1.807, 2.05) is 13.8 Å². The Morgan fingerprint density at radius 2 is 1.68 bits per heavy atom. The van der Waals surface area contributed by atoms with E-state index in [0.29, 0.717) is 11.1 Å². The first-order valence-corrected chi connectivity index (χ1v) is 13.8. The summed E-state index contributed by atoms with van der Waals surface area (Å²) in [6.07, 6.45) is 0.644. The summed E-state index contributed by atoms with van der Waals surface area (Å²) in [5.41, 5.74) is -7.66. The zero-order valence-electron chi connectivity index (χ0n) is 24.2. The summed E-state index contributed by atoms with van der Waals surface area (Å²) in [5.74, 6) is -5.96. The number of carbonyl (C=O) groups is 3. The van der Waals surface area contributed by atoms with Gasteiger partial charge in [-0.1, -0.05) is 39.0 Å².